The fourth-order valence-corrected chi connectivity index (χ4v) is 5.13. The van der Waals surface area contributed by atoms with Crippen molar-refractivity contribution in [3.05, 3.63) is 28.8 Å². The summed E-state index contributed by atoms with van der Waals surface area (Å²) in [6.07, 6.45) is -15.7. The molecule has 8 nitrogen and oxygen atoms in total. The normalized spacial score (nSPS) is 20.3. The molecule has 0 aromatic heterocycles. The number of halogens is 7. The number of benzene rings is 1. The van der Waals surface area contributed by atoms with E-state index in [1.807, 2.05) is 9.80 Å². The second-order valence-electron chi connectivity index (χ2n) is 8.70. The van der Waals surface area contributed by atoms with Gasteiger partial charge in [0, 0.05) is 62.6 Å². The van der Waals surface area contributed by atoms with E-state index in [4.69, 9.17) is 11.6 Å². The van der Waals surface area contributed by atoms with E-state index in [1.54, 1.807) is 18.2 Å². The lowest BCUT2D eigenvalue weighted by atomic mass is 10.1. The van der Waals surface area contributed by atoms with E-state index in [-0.39, 0.29) is 32.2 Å². The van der Waals surface area contributed by atoms with Gasteiger partial charge in [0.25, 0.3) is 6.10 Å². The second-order valence-corrected chi connectivity index (χ2v) is 10.9. The Morgan fingerprint density at radius 2 is 1.72 bits per heavy atom. The Bertz CT molecular complexity index is 1030. The van der Waals surface area contributed by atoms with Crippen LogP contribution in [0.5, 0.6) is 0 Å². The van der Waals surface area contributed by atoms with Gasteiger partial charge in [0.2, 0.25) is 10.0 Å². The van der Waals surface area contributed by atoms with Gasteiger partial charge < -0.3 is 14.5 Å². The van der Waals surface area contributed by atoms with Crippen LogP contribution in [0.2, 0.25) is 5.02 Å². The lowest BCUT2D eigenvalue weighted by Crippen LogP contribution is -2.52. The van der Waals surface area contributed by atoms with Crippen LogP contribution in [0.25, 0.3) is 0 Å². The Kier molecular flexibility index (Phi) is 8.57. The summed E-state index contributed by atoms with van der Waals surface area (Å²) < 4.78 is 105. The first kappa shape index (κ1) is 28.6. The van der Waals surface area contributed by atoms with Crippen molar-refractivity contribution in [2.75, 3.05) is 50.4 Å². The molecule has 1 amide bonds. The lowest BCUT2D eigenvalue weighted by Gasteiger charge is -2.36. The summed E-state index contributed by atoms with van der Waals surface area (Å²) in [6.45, 7) is 1.54. The molecule has 204 valence electrons. The number of hydrogen-bond donors (Lipinski definition) is 1. The molecule has 0 spiro atoms. The van der Waals surface area contributed by atoms with E-state index in [1.165, 1.54) is 0 Å². The molecule has 1 aromatic carbocycles. The number of hydrogen-bond acceptors (Lipinski definition) is 6. The minimum Gasteiger partial charge on any atom is -0.426 e. The molecule has 3 rings (SSSR count). The van der Waals surface area contributed by atoms with Crippen molar-refractivity contribution >= 4 is 33.4 Å². The molecule has 1 N–H and O–H groups in total. The summed E-state index contributed by atoms with van der Waals surface area (Å²) in [6, 6.07) is 4.97. The third kappa shape index (κ3) is 7.76. The van der Waals surface area contributed by atoms with Crippen LogP contribution in [0, 0.1) is 0 Å². The zero-order valence-electron chi connectivity index (χ0n) is 19.1. The summed E-state index contributed by atoms with van der Waals surface area (Å²) >= 11 is 6.17. The van der Waals surface area contributed by atoms with Crippen molar-refractivity contribution < 1.29 is 44.3 Å². The van der Waals surface area contributed by atoms with Crippen LogP contribution in [0.4, 0.5) is 36.8 Å². The minimum absolute atomic E-state index is 0.117. The Balaban J connectivity index is 1.60. The highest BCUT2D eigenvalue weighted by Gasteiger charge is 2.60. The Labute approximate surface area is 209 Å². The van der Waals surface area contributed by atoms with Crippen LogP contribution in [-0.2, 0) is 21.3 Å². The van der Waals surface area contributed by atoms with Gasteiger partial charge in [-0.1, -0.05) is 17.7 Å². The maximum atomic E-state index is 12.7. The number of nitrogens with zero attached hydrogens (tertiary/aromatic N) is 3. The number of nitrogens with one attached hydrogen (secondary N) is 1. The fraction of sp³-hybridized carbons (Fsp3) is 0.650. The van der Waals surface area contributed by atoms with E-state index in [0.717, 1.165) is 22.4 Å². The number of ether oxygens (including phenoxy) is 1. The number of amides is 1. The molecule has 1 aromatic rings. The number of piperazine rings is 1. The van der Waals surface area contributed by atoms with E-state index >= 15 is 0 Å². The van der Waals surface area contributed by atoms with Gasteiger partial charge in [0.15, 0.2) is 0 Å². The van der Waals surface area contributed by atoms with Crippen LogP contribution in [0.15, 0.2) is 18.2 Å². The topological polar surface area (TPSA) is 82.2 Å². The number of carbonyl (C=O) groups excluding carboxylic acids is 1. The Hall–Kier alpha value is -1.97. The largest absolute Gasteiger partial charge is 0.434 e. The average molecular weight is 567 g/mol. The fourth-order valence-electron chi connectivity index (χ4n) is 4.17. The number of alkyl halides is 6. The number of rotatable bonds is 6. The monoisotopic (exact) mass is 566 g/mol. The van der Waals surface area contributed by atoms with Gasteiger partial charge in [0.05, 0.1) is 6.26 Å². The molecular weight excluding hydrogens is 542 g/mol. The van der Waals surface area contributed by atoms with Gasteiger partial charge >= 0.3 is 18.4 Å². The van der Waals surface area contributed by atoms with Crippen molar-refractivity contribution in [3.63, 3.8) is 0 Å². The molecule has 0 bridgehead atoms. The predicted octanol–water partition coefficient (Wildman–Crippen LogP) is 3.22. The summed E-state index contributed by atoms with van der Waals surface area (Å²) in [5.74, 6) is 0. The Morgan fingerprint density at radius 1 is 1.11 bits per heavy atom. The molecule has 2 fully saturated rings. The maximum absolute atomic E-state index is 12.7. The summed E-state index contributed by atoms with van der Waals surface area (Å²) in [5.41, 5.74) is 1.64. The highest BCUT2D eigenvalue weighted by atomic mass is 35.5. The zero-order chi connectivity index (χ0) is 26.9. The summed E-state index contributed by atoms with van der Waals surface area (Å²) in [4.78, 5) is 16.7. The van der Waals surface area contributed by atoms with Crippen molar-refractivity contribution in [2.45, 2.75) is 37.5 Å². The number of sulfonamides is 1. The first-order valence-corrected chi connectivity index (χ1v) is 13.1. The van der Waals surface area contributed by atoms with Crippen LogP contribution >= 0.6 is 11.6 Å². The van der Waals surface area contributed by atoms with Gasteiger partial charge in [-0.15, -0.1) is 0 Å². The average Bonchev–Trinajstić information content (AvgIpc) is 3.18. The molecule has 1 atom stereocenters. The number of anilines is 1. The van der Waals surface area contributed by atoms with Crippen molar-refractivity contribution in [2.24, 2.45) is 0 Å². The minimum atomic E-state index is -5.77. The molecule has 36 heavy (non-hydrogen) atoms. The van der Waals surface area contributed by atoms with Crippen molar-refractivity contribution in [1.82, 2.24) is 14.5 Å². The lowest BCUT2D eigenvalue weighted by molar-refractivity contribution is -0.308. The van der Waals surface area contributed by atoms with Crippen LogP contribution in [0.1, 0.15) is 12.0 Å². The molecule has 2 aliphatic heterocycles. The third-order valence-corrected chi connectivity index (χ3v) is 6.79. The smallest absolute Gasteiger partial charge is 0.426 e. The molecular formula is C20H25ClF6N4O4S. The second kappa shape index (κ2) is 10.8. The molecule has 0 aliphatic carbocycles. The number of carbonyl (C=O) groups is 1. The van der Waals surface area contributed by atoms with Crippen LogP contribution < -0.4 is 9.62 Å². The van der Waals surface area contributed by atoms with Crippen LogP contribution in [-0.4, -0.2) is 94.3 Å². The first-order chi connectivity index (χ1) is 16.5. The van der Waals surface area contributed by atoms with E-state index in [2.05, 4.69) is 9.46 Å². The van der Waals surface area contributed by atoms with Crippen LogP contribution in [0.3, 0.4) is 0 Å². The van der Waals surface area contributed by atoms with E-state index in [9.17, 15) is 39.6 Å². The van der Waals surface area contributed by atoms with E-state index in [0.29, 0.717) is 31.1 Å². The SMILES string of the molecule is CS(=O)(=O)N[C@@H]1CCN(c2cc(Cl)ccc2CN2CCN(C(=O)OC(C(F)(F)F)C(F)(F)F)CC2)C1. The third-order valence-electron chi connectivity index (χ3n) is 5.79. The summed E-state index contributed by atoms with van der Waals surface area (Å²) in [7, 11) is -3.37. The zero-order valence-corrected chi connectivity index (χ0v) is 20.6. The van der Waals surface area contributed by atoms with Gasteiger partial charge in [0.1, 0.15) is 0 Å². The predicted molar refractivity (Wildman–Crippen MR) is 119 cm³/mol. The van der Waals surface area contributed by atoms with Gasteiger partial charge in [-0.25, -0.2) is 17.9 Å². The summed E-state index contributed by atoms with van der Waals surface area (Å²) in [5, 5.41) is 0.477. The van der Waals surface area contributed by atoms with Gasteiger partial charge in [-0.2, -0.15) is 26.3 Å². The van der Waals surface area contributed by atoms with Gasteiger partial charge in [-0.05, 0) is 24.1 Å². The quantitative estimate of drug-likeness (QED) is 0.533. The standard InChI is InChI=1S/C20H25ClF6N4O4S/c1-36(33,34)28-15-4-5-31(12-15)16-10-14(21)3-2-13(16)11-29-6-8-30(9-7-29)18(32)35-17(19(22,23)24)20(25,26)27/h2-3,10,15,17,28H,4-9,11-12H2,1H3/t15-/m1/s1. The van der Waals surface area contributed by atoms with E-state index < -0.39 is 34.6 Å². The molecule has 2 aliphatic rings. The highest BCUT2D eigenvalue weighted by Crippen LogP contribution is 2.36. The molecule has 0 unspecified atom stereocenters. The first-order valence-electron chi connectivity index (χ1n) is 10.8. The molecule has 16 heteroatoms. The molecule has 0 saturated carbocycles. The van der Waals surface area contributed by atoms with Gasteiger partial charge in [-0.3, -0.25) is 4.90 Å². The molecule has 0 radical (unpaired) electrons. The molecule has 2 saturated heterocycles. The Morgan fingerprint density at radius 3 is 2.28 bits per heavy atom. The van der Waals surface area contributed by atoms with Crippen molar-refractivity contribution in [1.29, 1.82) is 0 Å². The van der Waals surface area contributed by atoms with Crippen molar-refractivity contribution in [3.8, 4) is 0 Å². The molecule has 2 heterocycles. The highest BCUT2D eigenvalue weighted by molar-refractivity contribution is 7.88. The maximum Gasteiger partial charge on any atom is 0.434 e.